The van der Waals surface area contributed by atoms with Crippen molar-refractivity contribution in [3.8, 4) is 5.82 Å². The van der Waals surface area contributed by atoms with Gasteiger partial charge in [0.05, 0.1) is 16.9 Å². The van der Waals surface area contributed by atoms with Crippen LogP contribution in [0.1, 0.15) is 29.8 Å². The lowest BCUT2D eigenvalue weighted by atomic mass is 10.1. The van der Waals surface area contributed by atoms with E-state index in [2.05, 4.69) is 41.5 Å². The molecule has 1 atom stereocenters. The third-order valence-corrected chi connectivity index (χ3v) is 6.50. The summed E-state index contributed by atoms with van der Waals surface area (Å²) in [5, 5.41) is 11.9. The zero-order valence-electron chi connectivity index (χ0n) is 18.9. The van der Waals surface area contributed by atoms with Gasteiger partial charge in [-0.2, -0.15) is 14.8 Å². The summed E-state index contributed by atoms with van der Waals surface area (Å²) < 4.78 is 1.65. The lowest BCUT2D eigenvalue weighted by Crippen LogP contribution is -2.48. The van der Waals surface area contributed by atoms with Gasteiger partial charge in [-0.15, -0.1) is 5.10 Å². The zero-order valence-corrected chi connectivity index (χ0v) is 20.4. The molecule has 3 aromatic heterocycles. The van der Waals surface area contributed by atoms with Crippen LogP contribution in [0.2, 0.25) is 10.0 Å². The van der Waals surface area contributed by atoms with Gasteiger partial charge in [-0.05, 0) is 26.0 Å². The van der Waals surface area contributed by atoms with Crippen LogP contribution in [0.5, 0.6) is 0 Å². The van der Waals surface area contributed by atoms with Crippen molar-refractivity contribution < 1.29 is 0 Å². The Balaban J connectivity index is 1.28. The quantitative estimate of drug-likeness (QED) is 0.528. The summed E-state index contributed by atoms with van der Waals surface area (Å²) in [6.45, 7) is 11.0. The minimum atomic E-state index is -0.0595. The van der Waals surface area contributed by atoms with Crippen LogP contribution < -0.4 is 4.90 Å². The van der Waals surface area contributed by atoms with Gasteiger partial charge in [0.15, 0.2) is 5.82 Å². The molecule has 1 saturated heterocycles. The first-order chi connectivity index (χ1) is 16.4. The van der Waals surface area contributed by atoms with Gasteiger partial charge in [0.1, 0.15) is 28.5 Å². The molecule has 12 heteroatoms. The number of hydrogen-bond acceptors (Lipinski definition) is 9. The van der Waals surface area contributed by atoms with Crippen LogP contribution in [-0.2, 0) is 0 Å². The molecule has 3 aromatic rings. The first kappa shape index (κ1) is 22.5. The van der Waals surface area contributed by atoms with Crippen LogP contribution in [0, 0.1) is 13.8 Å². The second-order valence-corrected chi connectivity index (χ2v) is 8.93. The predicted molar refractivity (Wildman–Crippen MR) is 131 cm³/mol. The Morgan fingerprint density at radius 1 is 1.06 bits per heavy atom. The number of aryl methyl sites for hydroxylation is 2. The summed E-state index contributed by atoms with van der Waals surface area (Å²) in [7, 11) is 0. The molecule has 34 heavy (non-hydrogen) atoms. The maximum Gasteiger partial charge on any atom is 0.227 e. The number of piperazine rings is 1. The van der Waals surface area contributed by atoms with Crippen LogP contribution >= 0.6 is 23.2 Å². The molecule has 2 aliphatic rings. The molecule has 1 fully saturated rings. The zero-order chi connectivity index (χ0) is 23.8. The molecule has 10 nitrogen and oxygen atoms in total. The molecule has 0 spiro atoms. The summed E-state index contributed by atoms with van der Waals surface area (Å²) >= 11 is 12.8. The number of hydrogen-bond donors (Lipinski definition) is 0. The number of rotatable bonds is 5. The van der Waals surface area contributed by atoms with Gasteiger partial charge in [-0.25, -0.2) is 15.0 Å². The van der Waals surface area contributed by atoms with Crippen molar-refractivity contribution in [1.29, 1.82) is 0 Å². The van der Waals surface area contributed by atoms with E-state index in [1.54, 1.807) is 17.1 Å². The third-order valence-electron chi connectivity index (χ3n) is 5.91. The van der Waals surface area contributed by atoms with Crippen LogP contribution in [-0.4, -0.2) is 72.0 Å². The first-order valence-corrected chi connectivity index (χ1v) is 11.7. The number of anilines is 1. The average molecular weight is 499 g/mol. The Labute approximate surface area is 207 Å². The number of hydrazone groups is 1. The number of pyridine rings is 1. The highest BCUT2D eigenvalue weighted by Crippen LogP contribution is 2.34. The predicted octanol–water partition coefficient (Wildman–Crippen LogP) is 3.40. The maximum atomic E-state index is 6.40. The van der Waals surface area contributed by atoms with E-state index in [9.17, 15) is 0 Å². The molecule has 176 valence electrons. The van der Waals surface area contributed by atoms with E-state index < -0.39 is 0 Å². The summed E-state index contributed by atoms with van der Waals surface area (Å²) in [5.41, 5.74) is 0.808. The van der Waals surface area contributed by atoms with Crippen molar-refractivity contribution in [1.82, 2.24) is 39.6 Å². The van der Waals surface area contributed by atoms with Crippen LogP contribution in [0.25, 0.3) is 5.82 Å². The SMILES string of the molecule is C=C(N1CCN(c2ncc(Cl)c(-n3nc(C)nc3C)n2)CC1)N1N=CCC1c1ncccc1Cl. The van der Waals surface area contributed by atoms with Gasteiger partial charge in [0, 0.05) is 45.0 Å². The molecule has 0 aliphatic carbocycles. The van der Waals surface area contributed by atoms with Gasteiger partial charge in [-0.1, -0.05) is 29.8 Å². The van der Waals surface area contributed by atoms with Crippen molar-refractivity contribution in [2.45, 2.75) is 26.3 Å². The molecular weight excluding hydrogens is 475 g/mol. The Morgan fingerprint density at radius 3 is 2.56 bits per heavy atom. The second-order valence-electron chi connectivity index (χ2n) is 8.11. The van der Waals surface area contributed by atoms with Crippen LogP contribution in [0.15, 0.2) is 42.0 Å². The van der Waals surface area contributed by atoms with Gasteiger partial charge in [0.25, 0.3) is 0 Å². The van der Waals surface area contributed by atoms with Gasteiger partial charge in [0.2, 0.25) is 5.95 Å². The van der Waals surface area contributed by atoms with E-state index in [-0.39, 0.29) is 6.04 Å². The molecule has 0 saturated carbocycles. The van der Waals surface area contributed by atoms with Crippen molar-refractivity contribution in [2.24, 2.45) is 5.10 Å². The fourth-order valence-electron chi connectivity index (χ4n) is 4.21. The minimum absolute atomic E-state index is 0.0595. The number of halogens is 2. The fraction of sp³-hybridized carbons (Fsp3) is 0.364. The smallest absolute Gasteiger partial charge is 0.227 e. The highest BCUT2D eigenvalue weighted by molar-refractivity contribution is 6.32. The molecule has 0 amide bonds. The summed E-state index contributed by atoms with van der Waals surface area (Å²) in [4.78, 5) is 22.3. The highest BCUT2D eigenvalue weighted by atomic mass is 35.5. The Hall–Kier alpha value is -3.24. The van der Waals surface area contributed by atoms with E-state index in [4.69, 9.17) is 28.2 Å². The number of nitrogens with zero attached hydrogens (tertiary/aromatic N) is 10. The summed E-state index contributed by atoms with van der Waals surface area (Å²) in [6, 6.07) is 3.62. The van der Waals surface area contributed by atoms with Crippen molar-refractivity contribution in [3.05, 3.63) is 64.3 Å². The standard InChI is InChI=1S/C22H24Cl2N10/c1-14-28-15(2)33(30-14)21-18(24)13-26-22(29-21)32-11-9-31(10-12-32)16(3)34-19(6-8-27-34)20-17(23)5-4-7-25-20/h4-5,7-8,13,19H,3,6,9-12H2,1-2H3. The largest absolute Gasteiger partial charge is 0.354 e. The fourth-order valence-corrected chi connectivity index (χ4v) is 4.63. The molecule has 0 bridgehead atoms. The van der Waals surface area contributed by atoms with E-state index in [1.807, 2.05) is 37.2 Å². The van der Waals surface area contributed by atoms with Gasteiger partial charge < -0.3 is 9.80 Å². The molecule has 1 unspecified atom stereocenters. The lowest BCUT2D eigenvalue weighted by molar-refractivity contribution is 0.177. The monoisotopic (exact) mass is 498 g/mol. The van der Waals surface area contributed by atoms with Crippen LogP contribution in [0.4, 0.5) is 5.95 Å². The van der Waals surface area contributed by atoms with E-state index in [0.29, 0.717) is 27.6 Å². The Morgan fingerprint density at radius 2 is 1.85 bits per heavy atom. The normalized spacial score (nSPS) is 18.1. The third kappa shape index (κ3) is 4.19. The molecule has 0 aromatic carbocycles. The van der Waals surface area contributed by atoms with Crippen molar-refractivity contribution in [3.63, 3.8) is 0 Å². The van der Waals surface area contributed by atoms with E-state index in [1.165, 1.54) is 0 Å². The Bertz CT molecular complexity index is 1250. The lowest BCUT2D eigenvalue weighted by Gasteiger charge is -2.40. The van der Waals surface area contributed by atoms with Crippen molar-refractivity contribution >= 4 is 35.4 Å². The first-order valence-electron chi connectivity index (χ1n) is 11.0. The van der Waals surface area contributed by atoms with E-state index in [0.717, 1.165) is 49.9 Å². The van der Waals surface area contributed by atoms with Crippen LogP contribution in [0.3, 0.4) is 0 Å². The van der Waals surface area contributed by atoms with E-state index >= 15 is 0 Å². The molecular formula is C22H24Cl2N10. The maximum absolute atomic E-state index is 6.40. The second kappa shape index (κ2) is 9.19. The molecule has 0 radical (unpaired) electrons. The minimum Gasteiger partial charge on any atom is -0.354 e. The highest BCUT2D eigenvalue weighted by Gasteiger charge is 2.31. The van der Waals surface area contributed by atoms with Gasteiger partial charge in [-0.3, -0.25) is 4.98 Å². The summed E-state index contributed by atoms with van der Waals surface area (Å²) in [6.07, 6.45) is 5.98. The Kier molecular flexibility index (Phi) is 6.09. The molecule has 2 aliphatic heterocycles. The summed E-state index contributed by atoms with van der Waals surface area (Å²) in [5.74, 6) is 3.34. The molecule has 5 heterocycles. The van der Waals surface area contributed by atoms with Gasteiger partial charge >= 0.3 is 0 Å². The number of aromatic nitrogens is 6. The molecule has 0 N–H and O–H groups in total. The van der Waals surface area contributed by atoms with Crippen molar-refractivity contribution in [2.75, 3.05) is 31.1 Å². The topological polar surface area (TPSA) is 91.5 Å². The average Bonchev–Trinajstić information content (AvgIpc) is 3.45. The molecule has 5 rings (SSSR count).